The second-order valence-corrected chi connectivity index (χ2v) is 5.84. The van der Waals surface area contributed by atoms with Gasteiger partial charge < -0.3 is 14.6 Å². The molecule has 1 heterocycles. The molecule has 0 amide bonds. The van der Waals surface area contributed by atoms with Gasteiger partial charge in [0.05, 0.1) is 12.7 Å². The molecule has 0 spiro atoms. The second-order valence-electron chi connectivity index (χ2n) is 5.84. The lowest BCUT2D eigenvalue weighted by molar-refractivity contribution is -0.232. The molecule has 0 fully saturated rings. The SMILES string of the molecule is COC(=O)C1=C2C=CC(C)(C)OC2(O)c2ccccc2C1=O. The van der Waals surface area contributed by atoms with Gasteiger partial charge in [-0.3, -0.25) is 4.79 Å². The van der Waals surface area contributed by atoms with Gasteiger partial charge in [0.15, 0.2) is 0 Å². The van der Waals surface area contributed by atoms with Crippen LogP contribution in [0, 0.1) is 0 Å². The zero-order chi connectivity index (χ0) is 16.1. The molecule has 1 aliphatic heterocycles. The summed E-state index contributed by atoms with van der Waals surface area (Å²) in [5.74, 6) is -3.12. The van der Waals surface area contributed by atoms with Gasteiger partial charge in [-0.05, 0) is 13.8 Å². The molecule has 5 nitrogen and oxygen atoms in total. The molecule has 114 valence electrons. The number of methoxy groups -OCH3 is 1. The minimum Gasteiger partial charge on any atom is -0.465 e. The first-order chi connectivity index (χ1) is 10.3. The summed E-state index contributed by atoms with van der Waals surface area (Å²) in [5, 5.41) is 11.1. The van der Waals surface area contributed by atoms with Crippen LogP contribution in [0.1, 0.15) is 29.8 Å². The van der Waals surface area contributed by atoms with Crippen molar-refractivity contribution in [3.63, 3.8) is 0 Å². The molecule has 5 heteroatoms. The highest BCUT2D eigenvalue weighted by Gasteiger charge is 2.50. The Morgan fingerprint density at radius 2 is 1.95 bits per heavy atom. The molecular formula is C17H16O5. The van der Waals surface area contributed by atoms with Crippen LogP contribution in [0.4, 0.5) is 0 Å². The molecule has 22 heavy (non-hydrogen) atoms. The van der Waals surface area contributed by atoms with Crippen LogP contribution >= 0.6 is 0 Å². The van der Waals surface area contributed by atoms with Crippen LogP contribution in [0.15, 0.2) is 47.6 Å². The van der Waals surface area contributed by atoms with Gasteiger partial charge in [0, 0.05) is 16.7 Å². The predicted molar refractivity (Wildman–Crippen MR) is 78.0 cm³/mol. The molecule has 0 aromatic heterocycles. The summed E-state index contributed by atoms with van der Waals surface area (Å²) in [4.78, 5) is 24.7. The minimum absolute atomic E-state index is 0.113. The van der Waals surface area contributed by atoms with E-state index in [-0.39, 0.29) is 16.7 Å². The first-order valence-electron chi connectivity index (χ1n) is 6.89. The van der Waals surface area contributed by atoms with E-state index < -0.39 is 23.1 Å². The third-order valence-electron chi connectivity index (χ3n) is 3.85. The van der Waals surface area contributed by atoms with E-state index >= 15 is 0 Å². The summed E-state index contributed by atoms with van der Waals surface area (Å²) in [7, 11) is 1.19. The van der Waals surface area contributed by atoms with E-state index in [4.69, 9.17) is 9.47 Å². The van der Waals surface area contributed by atoms with Gasteiger partial charge >= 0.3 is 5.97 Å². The Morgan fingerprint density at radius 3 is 2.64 bits per heavy atom. The summed E-state index contributed by atoms with van der Waals surface area (Å²) >= 11 is 0. The summed E-state index contributed by atoms with van der Waals surface area (Å²) in [6.07, 6.45) is 3.25. The maximum Gasteiger partial charge on any atom is 0.342 e. The third kappa shape index (κ3) is 1.94. The standard InChI is InChI=1S/C17H16O5/c1-16(2)9-8-12-13(15(19)21-3)14(18)10-6-4-5-7-11(10)17(12,20)22-16/h4-9,20H,1-3H3. The Bertz CT molecular complexity index is 741. The topological polar surface area (TPSA) is 72.8 Å². The lowest BCUT2D eigenvalue weighted by Gasteiger charge is -2.43. The number of ether oxygens (including phenoxy) is 2. The Balaban J connectivity index is 2.35. The van der Waals surface area contributed by atoms with Gasteiger partial charge in [-0.1, -0.05) is 36.4 Å². The van der Waals surface area contributed by atoms with Crippen molar-refractivity contribution in [1.82, 2.24) is 0 Å². The van der Waals surface area contributed by atoms with Crippen LogP contribution in [-0.4, -0.2) is 29.6 Å². The van der Waals surface area contributed by atoms with Gasteiger partial charge in [-0.25, -0.2) is 4.79 Å². The van der Waals surface area contributed by atoms with Crippen molar-refractivity contribution in [2.45, 2.75) is 25.2 Å². The first-order valence-corrected chi connectivity index (χ1v) is 6.89. The average Bonchev–Trinajstić information content (AvgIpc) is 2.47. The number of fused-ring (bicyclic) bond motifs is 3. The lowest BCUT2D eigenvalue weighted by Crippen LogP contribution is -2.47. The van der Waals surface area contributed by atoms with E-state index in [1.54, 1.807) is 50.3 Å². The first kappa shape index (κ1) is 14.7. The van der Waals surface area contributed by atoms with Crippen LogP contribution < -0.4 is 0 Å². The minimum atomic E-state index is -1.85. The molecule has 2 aliphatic rings. The number of aliphatic hydroxyl groups is 1. The number of ketones is 1. The molecular weight excluding hydrogens is 284 g/mol. The maximum absolute atomic E-state index is 12.6. The van der Waals surface area contributed by atoms with Crippen LogP contribution in [0.25, 0.3) is 0 Å². The Labute approximate surface area is 127 Å². The number of hydrogen-bond acceptors (Lipinski definition) is 5. The zero-order valence-electron chi connectivity index (χ0n) is 12.5. The molecule has 0 radical (unpaired) electrons. The fraction of sp³-hybridized carbons (Fsp3) is 0.294. The van der Waals surface area contributed by atoms with Crippen molar-refractivity contribution in [1.29, 1.82) is 0 Å². The monoisotopic (exact) mass is 300 g/mol. The van der Waals surface area contributed by atoms with Crippen molar-refractivity contribution in [3.8, 4) is 0 Å². The van der Waals surface area contributed by atoms with Crippen LogP contribution in [0.3, 0.4) is 0 Å². The summed E-state index contributed by atoms with van der Waals surface area (Å²) in [6.45, 7) is 3.57. The number of carbonyl (C=O) groups is 2. The van der Waals surface area contributed by atoms with E-state index in [1.807, 2.05) is 0 Å². The highest BCUT2D eigenvalue weighted by Crippen LogP contribution is 2.46. The number of hydrogen-bond donors (Lipinski definition) is 1. The van der Waals surface area contributed by atoms with Crippen LogP contribution in [0.2, 0.25) is 0 Å². The fourth-order valence-corrected chi connectivity index (χ4v) is 2.86. The normalized spacial score (nSPS) is 25.5. The van der Waals surface area contributed by atoms with Crippen LogP contribution in [-0.2, 0) is 20.1 Å². The van der Waals surface area contributed by atoms with E-state index in [0.29, 0.717) is 5.56 Å². The summed E-state index contributed by atoms with van der Waals surface area (Å²) in [5.41, 5.74) is -0.259. The fourth-order valence-electron chi connectivity index (χ4n) is 2.86. The Kier molecular flexibility index (Phi) is 3.09. The molecule has 1 aliphatic carbocycles. The number of carbonyl (C=O) groups excluding carboxylic acids is 2. The van der Waals surface area contributed by atoms with E-state index in [9.17, 15) is 14.7 Å². The van der Waals surface area contributed by atoms with Gasteiger partial charge in [0.1, 0.15) is 5.57 Å². The van der Waals surface area contributed by atoms with Crippen molar-refractivity contribution < 1.29 is 24.2 Å². The number of benzene rings is 1. The summed E-state index contributed by atoms with van der Waals surface area (Å²) < 4.78 is 10.5. The van der Waals surface area contributed by atoms with Gasteiger partial charge in [0.2, 0.25) is 11.6 Å². The largest absolute Gasteiger partial charge is 0.465 e. The van der Waals surface area contributed by atoms with Gasteiger partial charge in [-0.2, -0.15) is 0 Å². The molecule has 0 bridgehead atoms. The van der Waals surface area contributed by atoms with E-state index in [1.165, 1.54) is 7.11 Å². The van der Waals surface area contributed by atoms with E-state index in [2.05, 4.69) is 0 Å². The maximum atomic E-state index is 12.6. The zero-order valence-corrected chi connectivity index (χ0v) is 12.5. The summed E-state index contributed by atoms with van der Waals surface area (Å²) in [6, 6.07) is 6.56. The van der Waals surface area contributed by atoms with Crippen molar-refractivity contribution in [3.05, 3.63) is 58.7 Å². The van der Waals surface area contributed by atoms with Crippen molar-refractivity contribution in [2.75, 3.05) is 7.11 Å². The number of esters is 1. The second kappa shape index (κ2) is 4.63. The third-order valence-corrected chi connectivity index (χ3v) is 3.85. The number of rotatable bonds is 1. The van der Waals surface area contributed by atoms with Gasteiger partial charge in [-0.15, -0.1) is 0 Å². The van der Waals surface area contributed by atoms with Crippen molar-refractivity contribution >= 4 is 11.8 Å². The number of Topliss-reactive ketones (excluding diaryl/α,β-unsaturated/α-hetero) is 1. The smallest absolute Gasteiger partial charge is 0.342 e. The molecule has 1 aromatic carbocycles. The van der Waals surface area contributed by atoms with Crippen molar-refractivity contribution in [2.24, 2.45) is 0 Å². The highest BCUT2D eigenvalue weighted by atomic mass is 16.6. The quantitative estimate of drug-likeness (QED) is 0.633. The predicted octanol–water partition coefficient (Wildman–Crippen LogP) is 1.86. The molecule has 0 saturated heterocycles. The molecule has 3 rings (SSSR count). The molecule has 1 N–H and O–H groups in total. The highest BCUT2D eigenvalue weighted by molar-refractivity contribution is 6.26. The van der Waals surface area contributed by atoms with E-state index in [0.717, 1.165) is 0 Å². The molecule has 1 aromatic rings. The lowest BCUT2D eigenvalue weighted by atomic mass is 9.78. The average molecular weight is 300 g/mol. The molecule has 1 unspecified atom stereocenters. The van der Waals surface area contributed by atoms with Crippen LogP contribution in [0.5, 0.6) is 0 Å². The molecule has 1 atom stereocenters. The Hall–Kier alpha value is -2.24. The Morgan fingerprint density at radius 1 is 1.27 bits per heavy atom. The molecule has 0 saturated carbocycles. The van der Waals surface area contributed by atoms with Gasteiger partial charge in [0.25, 0.3) is 0 Å².